The summed E-state index contributed by atoms with van der Waals surface area (Å²) in [5, 5.41) is 19.2. The van der Waals surface area contributed by atoms with Gasteiger partial charge in [0.15, 0.2) is 0 Å². The highest BCUT2D eigenvalue weighted by Crippen LogP contribution is 2.65. The predicted octanol–water partition coefficient (Wildman–Crippen LogP) is 3.27. The van der Waals surface area contributed by atoms with Gasteiger partial charge in [-0.25, -0.2) is 0 Å². The molecule has 8 heteroatoms. The van der Waals surface area contributed by atoms with E-state index in [9.17, 15) is 14.7 Å². The van der Waals surface area contributed by atoms with Crippen molar-refractivity contribution in [2.24, 2.45) is 5.92 Å². The highest BCUT2D eigenvalue weighted by atomic mass is 35.5. The fourth-order valence-electron chi connectivity index (χ4n) is 7.67. The zero-order chi connectivity index (χ0) is 24.7. The normalized spacial score (nSPS) is 33.9. The molecular formula is C28H30ClN3O4. The van der Waals surface area contributed by atoms with Crippen LogP contribution in [0, 0.1) is 5.92 Å². The molecule has 2 aromatic carbocycles. The van der Waals surface area contributed by atoms with Crippen LogP contribution in [-0.2, 0) is 16.6 Å². The number of anilines is 1. The molecule has 36 heavy (non-hydrogen) atoms. The second-order valence-electron chi connectivity index (χ2n) is 11.2. The van der Waals surface area contributed by atoms with Crippen LogP contribution in [0.15, 0.2) is 36.4 Å². The predicted molar refractivity (Wildman–Crippen MR) is 136 cm³/mol. The lowest BCUT2D eigenvalue weighted by Crippen LogP contribution is -2.78. The minimum atomic E-state index is -0.954. The van der Waals surface area contributed by atoms with Gasteiger partial charge in [0.2, 0.25) is 6.41 Å². The molecule has 3 N–H and O–H groups in total. The fraction of sp³-hybridized carbons (Fsp3) is 0.500. The Morgan fingerprint density at radius 3 is 2.72 bits per heavy atom. The van der Waals surface area contributed by atoms with Gasteiger partial charge in [-0.15, -0.1) is 0 Å². The Morgan fingerprint density at radius 2 is 1.97 bits per heavy atom. The second-order valence-corrected chi connectivity index (χ2v) is 11.6. The fourth-order valence-corrected chi connectivity index (χ4v) is 7.80. The Kier molecular flexibility index (Phi) is 4.98. The summed E-state index contributed by atoms with van der Waals surface area (Å²) in [6.07, 6.45) is 5.54. The molecule has 7 nitrogen and oxygen atoms in total. The van der Waals surface area contributed by atoms with Crippen LogP contribution in [0.2, 0.25) is 5.02 Å². The molecule has 188 valence electrons. The molecule has 3 fully saturated rings. The molecule has 2 heterocycles. The first-order valence-corrected chi connectivity index (χ1v) is 13.4. The maximum absolute atomic E-state index is 13.2. The van der Waals surface area contributed by atoms with E-state index in [-0.39, 0.29) is 18.0 Å². The van der Waals surface area contributed by atoms with Crippen molar-refractivity contribution in [1.29, 1.82) is 0 Å². The van der Waals surface area contributed by atoms with E-state index in [1.807, 2.05) is 6.07 Å². The molecule has 3 aliphatic carbocycles. The van der Waals surface area contributed by atoms with Crippen LogP contribution in [0.4, 0.5) is 5.69 Å². The first-order valence-electron chi connectivity index (χ1n) is 13.0. The van der Waals surface area contributed by atoms with Gasteiger partial charge in [0.25, 0.3) is 5.91 Å². The minimum Gasteiger partial charge on any atom is -0.485 e. The summed E-state index contributed by atoms with van der Waals surface area (Å²) >= 11 is 6.02. The highest BCUT2D eigenvalue weighted by molar-refractivity contribution is 6.30. The van der Waals surface area contributed by atoms with E-state index in [0.717, 1.165) is 37.4 Å². The van der Waals surface area contributed by atoms with Crippen molar-refractivity contribution in [3.8, 4) is 5.75 Å². The van der Waals surface area contributed by atoms with Crippen molar-refractivity contribution < 1.29 is 19.4 Å². The van der Waals surface area contributed by atoms with E-state index < -0.39 is 17.1 Å². The Bertz CT molecular complexity index is 1250. The van der Waals surface area contributed by atoms with Gasteiger partial charge in [-0.05, 0) is 86.9 Å². The monoisotopic (exact) mass is 507 g/mol. The van der Waals surface area contributed by atoms with Gasteiger partial charge in [0, 0.05) is 28.7 Å². The summed E-state index contributed by atoms with van der Waals surface area (Å²) in [7, 11) is 0. The van der Waals surface area contributed by atoms with Gasteiger partial charge in [-0.2, -0.15) is 0 Å². The summed E-state index contributed by atoms with van der Waals surface area (Å²) in [5.74, 6) is 1.22. The maximum atomic E-state index is 13.2. The van der Waals surface area contributed by atoms with E-state index in [0.29, 0.717) is 41.3 Å². The molecule has 2 aliphatic heterocycles. The second kappa shape index (κ2) is 7.94. The molecule has 0 radical (unpaired) electrons. The molecule has 2 saturated carbocycles. The molecule has 2 aromatic rings. The average molecular weight is 508 g/mol. The zero-order valence-corrected chi connectivity index (χ0v) is 20.8. The number of piperidine rings is 1. The molecule has 1 spiro atoms. The summed E-state index contributed by atoms with van der Waals surface area (Å²) in [6, 6.07) is 10.6. The van der Waals surface area contributed by atoms with Gasteiger partial charge < -0.3 is 20.5 Å². The van der Waals surface area contributed by atoms with Crippen LogP contribution in [0.1, 0.15) is 53.6 Å². The number of rotatable bonds is 6. The van der Waals surface area contributed by atoms with Gasteiger partial charge in [0.05, 0.1) is 22.7 Å². The van der Waals surface area contributed by atoms with Crippen molar-refractivity contribution in [2.75, 3.05) is 18.4 Å². The van der Waals surface area contributed by atoms with E-state index in [4.69, 9.17) is 16.3 Å². The highest BCUT2D eigenvalue weighted by Gasteiger charge is 2.73. The summed E-state index contributed by atoms with van der Waals surface area (Å²) < 4.78 is 6.69. The van der Waals surface area contributed by atoms with Crippen molar-refractivity contribution in [2.45, 2.75) is 67.7 Å². The molecule has 0 aromatic heterocycles. The van der Waals surface area contributed by atoms with Gasteiger partial charge in [-0.1, -0.05) is 17.7 Å². The van der Waals surface area contributed by atoms with Crippen molar-refractivity contribution in [3.63, 3.8) is 0 Å². The lowest BCUT2D eigenvalue weighted by atomic mass is 9.48. The summed E-state index contributed by atoms with van der Waals surface area (Å²) in [5.41, 5.74) is 1.80. The third-order valence-corrected chi connectivity index (χ3v) is 9.67. The molecule has 2 bridgehead atoms. The number of nitrogens with one attached hydrogen (secondary N) is 2. The molecule has 5 aliphatic rings. The molecule has 7 rings (SSSR count). The zero-order valence-electron chi connectivity index (χ0n) is 20.0. The van der Waals surface area contributed by atoms with Gasteiger partial charge >= 0.3 is 0 Å². The number of nitrogens with zero attached hydrogens (tertiary/aromatic N) is 1. The van der Waals surface area contributed by atoms with Crippen molar-refractivity contribution in [3.05, 3.63) is 58.1 Å². The Morgan fingerprint density at radius 1 is 1.17 bits per heavy atom. The number of aliphatic hydroxyl groups is 1. The molecule has 2 amide bonds. The third kappa shape index (κ3) is 3.06. The first kappa shape index (κ1) is 22.6. The number of carbonyl (C=O) groups is 2. The van der Waals surface area contributed by atoms with Crippen LogP contribution in [-0.4, -0.2) is 59.2 Å². The number of ether oxygens (including phenoxy) is 1. The lowest BCUT2D eigenvalue weighted by molar-refractivity contribution is -0.191. The number of likely N-dealkylation sites (tertiary alicyclic amines) is 1. The van der Waals surface area contributed by atoms with E-state index in [1.54, 1.807) is 24.3 Å². The number of hydrogen-bond acceptors (Lipinski definition) is 5. The molecular weight excluding hydrogens is 478 g/mol. The average Bonchev–Trinajstić information content (AvgIpc) is 3.61. The van der Waals surface area contributed by atoms with Crippen LogP contribution in [0.25, 0.3) is 0 Å². The number of amides is 2. The van der Waals surface area contributed by atoms with Crippen molar-refractivity contribution in [1.82, 2.24) is 10.2 Å². The smallest absolute Gasteiger partial charge is 0.251 e. The SMILES string of the molecule is O=CNc1ccc2c3c1OC1C(NC(=O)c4ccc(Cl)cc4)CC[C@@]4(O)[C@@H](C2)N(CC2CC2)CC[C@]314. The van der Waals surface area contributed by atoms with Crippen LogP contribution in [0.5, 0.6) is 5.75 Å². The number of halogens is 1. The number of carbonyl (C=O) groups excluding carboxylic acids is 2. The van der Waals surface area contributed by atoms with Crippen LogP contribution in [0.3, 0.4) is 0 Å². The van der Waals surface area contributed by atoms with Gasteiger partial charge in [0.1, 0.15) is 11.9 Å². The summed E-state index contributed by atoms with van der Waals surface area (Å²) in [4.78, 5) is 27.1. The molecule has 1 saturated heterocycles. The van der Waals surface area contributed by atoms with Gasteiger partial charge in [-0.3, -0.25) is 14.5 Å². The van der Waals surface area contributed by atoms with E-state index in [1.165, 1.54) is 18.4 Å². The summed E-state index contributed by atoms with van der Waals surface area (Å²) in [6.45, 7) is 1.93. The van der Waals surface area contributed by atoms with E-state index in [2.05, 4.69) is 21.6 Å². The lowest BCUT2D eigenvalue weighted by Gasteiger charge is -2.64. The maximum Gasteiger partial charge on any atom is 0.251 e. The standard InChI is InChI=1S/C28H30ClN3O4/c29-19-6-3-17(4-7-19)26(34)31-21-9-10-28(35)22-13-18-5-8-20(30-15-33)24-23(18)27(28,25(21)36-24)11-12-32(22)14-16-1-2-16/h3-8,15-16,21-22,25,35H,1-2,9-14H2,(H,30,33)(H,31,34)/t21?,22-,25?,27+,28-/m1/s1. The van der Waals surface area contributed by atoms with Crippen LogP contribution >= 0.6 is 11.6 Å². The minimum absolute atomic E-state index is 0.0224. The number of benzene rings is 2. The molecule has 5 atom stereocenters. The Balaban J connectivity index is 1.30. The third-order valence-electron chi connectivity index (χ3n) is 9.42. The van der Waals surface area contributed by atoms with Crippen LogP contribution < -0.4 is 15.4 Å². The first-order chi connectivity index (χ1) is 17.4. The Labute approximate surface area is 215 Å². The quantitative estimate of drug-likeness (QED) is 0.522. The van der Waals surface area contributed by atoms with Crippen molar-refractivity contribution >= 4 is 29.6 Å². The topological polar surface area (TPSA) is 90.9 Å². The largest absolute Gasteiger partial charge is 0.485 e. The Hall–Kier alpha value is -2.61. The molecule has 2 unspecified atom stereocenters. The number of hydrogen-bond donors (Lipinski definition) is 3. The van der Waals surface area contributed by atoms with E-state index >= 15 is 0 Å².